The number of hydrogen-bond acceptors (Lipinski definition) is 6. The molecule has 19 heavy (non-hydrogen) atoms. The van der Waals surface area contributed by atoms with Crippen molar-refractivity contribution < 1.29 is 4.92 Å². The maximum absolute atomic E-state index is 10.9. The van der Waals surface area contributed by atoms with Crippen LogP contribution < -0.4 is 10.6 Å². The zero-order chi connectivity index (χ0) is 13.7. The minimum Gasteiger partial charge on any atom is -0.383 e. The molecule has 0 bridgehead atoms. The first-order chi connectivity index (χ1) is 9.20. The van der Waals surface area contributed by atoms with E-state index in [4.69, 9.17) is 0 Å². The molecule has 1 aromatic carbocycles. The van der Waals surface area contributed by atoms with Crippen molar-refractivity contribution in [3.05, 3.63) is 52.5 Å². The molecule has 7 heteroatoms. The monoisotopic (exact) mass is 259 g/mol. The van der Waals surface area contributed by atoms with Gasteiger partial charge in [-0.3, -0.25) is 15.1 Å². The zero-order valence-corrected chi connectivity index (χ0v) is 10.3. The van der Waals surface area contributed by atoms with Crippen molar-refractivity contribution in [2.24, 2.45) is 0 Å². The van der Waals surface area contributed by atoms with Gasteiger partial charge < -0.3 is 10.6 Å². The third-order valence-electron chi connectivity index (χ3n) is 2.56. The summed E-state index contributed by atoms with van der Waals surface area (Å²) in [5, 5.41) is 16.8. The lowest BCUT2D eigenvalue weighted by molar-refractivity contribution is -0.384. The Labute approximate surface area is 109 Å². The molecule has 0 amide bonds. The Morgan fingerprint density at radius 3 is 2.84 bits per heavy atom. The van der Waals surface area contributed by atoms with Crippen LogP contribution in [0.2, 0.25) is 0 Å². The zero-order valence-electron chi connectivity index (χ0n) is 10.3. The number of rotatable bonds is 5. The van der Waals surface area contributed by atoms with E-state index in [-0.39, 0.29) is 5.69 Å². The van der Waals surface area contributed by atoms with E-state index in [1.807, 2.05) is 6.07 Å². The Hall–Kier alpha value is -2.70. The van der Waals surface area contributed by atoms with E-state index >= 15 is 0 Å². The maximum Gasteiger partial charge on any atom is 0.292 e. The molecule has 0 atom stereocenters. The smallest absolute Gasteiger partial charge is 0.292 e. The van der Waals surface area contributed by atoms with E-state index in [2.05, 4.69) is 20.6 Å². The normalized spacial score (nSPS) is 9.95. The van der Waals surface area contributed by atoms with Gasteiger partial charge in [0.1, 0.15) is 11.5 Å². The van der Waals surface area contributed by atoms with E-state index in [1.54, 1.807) is 31.7 Å². The van der Waals surface area contributed by atoms with Gasteiger partial charge in [-0.2, -0.15) is 0 Å². The van der Waals surface area contributed by atoms with Crippen LogP contribution in [-0.4, -0.2) is 21.9 Å². The average molecular weight is 259 g/mol. The molecule has 2 rings (SSSR count). The average Bonchev–Trinajstić information content (AvgIpc) is 2.46. The summed E-state index contributed by atoms with van der Waals surface area (Å²) in [6.45, 7) is 0.448. The van der Waals surface area contributed by atoms with Gasteiger partial charge in [-0.15, -0.1) is 0 Å². The van der Waals surface area contributed by atoms with Crippen molar-refractivity contribution >= 4 is 17.2 Å². The number of aromatic nitrogens is 2. The molecule has 0 fully saturated rings. The number of nitro groups is 1. The molecule has 0 aliphatic heterocycles. The molecule has 0 radical (unpaired) electrons. The summed E-state index contributed by atoms with van der Waals surface area (Å²) < 4.78 is 0. The summed E-state index contributed by atoms with van der Waals surface area (Å²) in [7, 11) is 1.65. The van der Waals surface area contributed by atoms with Gasteiger partial charge in [0.15, 0.2) is 0 Å². The number of anilines is 2. The minimum absolute atomic E-state index is 0.0564. The molecule has 1 aromatic heterocycles. The second kappa shape index (κ2) is 5.76. The quantitative estimate of drug-likeness (QED) is 0.630. The van der Waals surface area contributed by atoms with E-state index in [0.717, 1.165) is 5.56 Å². The van der Waals surface area contributed by atoms with Crippen molar-refractivity contribution in [2.45, 2.75) is 6.54 Å². The molecule has 98 valence electrons. The van der Waals surface area contributed by atoms with Gasteiger partial charge in [-0.25, -0.2) is 4.98 Å². The highest BCUT2D eigenvalue weighted by Gasteiger charge is 2.13. The number of nitrogens with one attached hydrogen (secondary N) is 2. The van der Waals surface area contributed by atoms with Crippen LogP contribution in [0.3, 0.4) is 0 Å². The van der Waals surface area contributed by atoms with Crippen LogP contribution in [0.15, 0.2) is 36.8 Å². The van der Waals surface area contributed by atoms with E-state index in [1.165, 1.54) is 6.07 Å². The number of hydrogen-bond donors (Lipinski definition) is 2. The molecule has 1 heterocycles. The fraction of sp³-hybridized carbons (Fsp3) is 0.167. The molecule has 2 N–H and O–H groups in total. The number of nitrogens with zero attached hydrogens (tertiary/aromatic N) is 3. The third kappa shape index (κ3) is 3.15. The van der Waals surface area contributed by atoms with Crippen LogP contribution in [0.5, 0.6) is 0 Å². The Morgan fingerprint density at radius 1 is 1.37 bits per heavy atom. The van der Waals surface area contributed by atoms with Crippen LogP contribution in [0.25, 0.3) is 0 Å². The van der Waals surface area contributed by atoms with Crippen LogP contribution in [0, 0.1) is 10.1 Å². The highest BCUT2D eigenvalue weighted by Crippen LogP contribution is 2.25. The summed E-state index contributed by atoms with van der Waals surface area (Å²) in [6.07, 6.45) is 4.75. The Morgan fingerprint density at radius 2 is 2.21 bits per heavy atom. The van der Waals surface area contributed by atoms with Crippen LogP contribution >= 0.6 is 0 Å². The SMILES string of the molecule is CNc1ccc(CNc2cnccn2)cc1[N+](=O)[O-]. The predicted octanol–water partition coefficient (Wildman–Crippen LogP) is 2.04. The fourth-order valence-corrected chi connectivity index (χ4v) is 1.63. The lowest BCUT2D eigenvalue weighted by Gasteiger charge is -2.07. The van der Waals surface area contributed by atoms with Gasteiger partial charge in [-0.1, -0.05) is 6.07 Å². The van der Waals surface area contributed by atoms with E-state index in [0.29, 0.717) is 18.1 Å². The van der Waals surface area contributed by atoms with Crippen molar-refractivity contribution in [1.82, 2.24) is 9.97 Å². The molecular weight excluding hydrogens is 246 g/mol. The summed E-state index contributed by atoms with van der Waals surface area (Å²) >= 11 is 0. The van der Waals surface area contributed by atoms with Crippen LogP contribution in [0.1, 0.15) is 5.56 Å². The first-order valence-electron chi connectivity index (χ1n) is 5.65. The lowest BCUT2D eigenvalue weighted by Crippen LogP contribution is -2.03. The van der Waals surface area contributed by atoms with Gasteiger partial charge >= 0.3 is 0 Å². The van der Waals surface area contributed by atoms with Gasteiger partial charge in [0.25, 0.3) is 5.69 Å². The maximum atomic E-state index is 10.9. The van der Waals surface area contributed by atoms with Crippen molar-refractivity contribution in [1.29, 1.82) is 0 Å². The molecular formula is C12H13N5O2. The third-order valence-corrected chi connectivity index (χ3v) is 2.56. The van der Waals surface area contributed by atoms with Gasteiger partial charge in [-0.05, 0) is 11.6 Å². The minimum atomic E-state index is -0.405. The molecule has 0 unspecified atom stereocenters. The van der Waals surface area contributed by atoms with Gasteiger partial charge in [0.05, 0.1) is 11.1 Å². The molecule has 0 saturated carbocycles. The molecule has 7 nitrogen and oxygen atoms in total. The second-order valence-electron chi connectivity index (χ2n) is 3.80. The van der Waals surface area contributed by atoms with Crippen molar-refractivity contribution in [3.63, 3.8) is 0 Å². The largest absolute Gasteiger partial charge is 0.383 e. The number of nitro benzene ring substituents is 1. The number of benzene rings is 1. The summed E-state index contributed by atoms with van der Waals surface area (Å²) in [5.41, 5.74) is 1.35. The van der Waals surface area contributed by atoms with Crippen LogP contribution in [-0.2, 0) is 6.54 Å². The van der Waals surface area contributed by atoms with Gasteiger partial charge in [0.2, 0.25) is 0 Å². The van der Waals surface area contributed by atoms with E-state index in [9.17, 15) is 10.1 Å². The fourth-order valence-electron chi connectivity index (χ4n) is 1.63. The Balaban J connectivity index is 2.13. The second-order valence-corrected chi connectivity index (χ2v) is 3.80. The van der Waals surface area contributed by atoms with Gasteiger partial charge in [0, 0.05) is 32.1 Å². The Kier molecular flexibility index (Phi) is 3.87. The summed E-state index contributed by atoms with van der Waals surface area (Å²) in [5.74, 6) is 0.628. The Bertz CT molecular complexity index is 574. The highest BCUT2D eigenvalue weighted by atomic mass is 16.6. The van der Waals surface area contributed by atoms with Crippen molar-refractivity contribution in [3.8, 4) is 0 Å². The molecule has 0 spiro atoms. The topological polar surface area (TPSA) is 93.0 Å². The first-order valence-corrected chi connectivity index (χ1v) is 5.65. The summed E-state index contributed by atoms with van der Waals surface area (Å²) in [4.78, 5) is 18.5. The lowest BCUT2D eigenvalue weighted by atomic mass is 10.1. The molecule has 2 aromatic rings. The molecule has 0 aliphatic rings. The highest BCUT2D eigenvalue weighted by molar-refractivity contribution is 5.62. The van der Waals surface area contributed by atoms with Crippen molar-refractivity contribution in [2.75, 3.05) is 17.7 Å². The molecule has 0 aliphatic carbocycles. The first kappa shape index (κ1) is 12.7. The van der Waals surface area contributed by atoms with E-state index < -0.39 is 4.92 Å². The summed E-state index contributed by atoms with van der Waals surface area (Å²) in [6, 6.07) is 5.04. The predicted molar refractivity (Wildman–Crippen MR) is 72.0 cm³/mol. The molecule has 0 saturated heterocycles. The standard InChI is InChI=1S/C12H13N5O2/c1-13-10-3-2-9(6-11(10)17(18)19)7-16-12-8-14-4-5-15-12/h2-6,8,13H,7H2,1H3,(H,15,16). The van der Waals surface area contributed by atoms with Crippen LogP contribution in [0.4, 0.5) is 17.2 Å².